The molecule has 0 unspecified atom stereocenters. The van der Waals surface area contributed by atoms with Gasteiger partial charge >= 0.3 is 0 Å². The number of ether oxygens (including phenoxy) is 2. The fourth-order valence-corrected chi connectivity index (χ4v) is 3.16. The summed E-state index contributed by atoms with van der Waals surface area (Å²) in [6, 6.07) is 5.13. The molecule has 0 amide bonds. The number of aromatic nitrogens is 1. The van der Waals surface area contributed by atoms with E-state index in [9.17, 15) is 13.6 Å². The van der Waals surface area contributed by atoms with Crippen LogP contribution in [0.5, 0.6) is 5.75 Å². The molecule has 0 saturated carbocycles. The topological polar surface area (TPSA) is 57.8 Å². The summed E-state index contributed by atoms with van der Waals surface area (Å²) >= 11 is 0. The van der Waals surface area contributed by atoms with Gasteiger partial charge in [-0.05, 0) is 18.2 Å². The van der Waals surface area contributed by atoms with Gasteiger partial charge in [-0.15, -0.1) is 6.42 Å². The molecule has 2 aromatic rings. The summed E-state index contributed by atoms with van der Waals surface area (Å²) in [5, 5.41) is 0.677. The summed E-state index contributed by atoms with van der Waals surface area (Å²) in [7, 11) is 3.55. The van der Waals surface area contributed by atoms with E-state index in [-0.39, 0.29) is 11.4 Å². The number of rotatable bonds is 7. The smallest absolute Gasteiger partial charge is 0.272 e. The molecule has 0 aliphatic carbocycles. The van der Waals surface area contributed by atoms with Crippen molar-refractivity contribution in [2.45, 2.75) is 20.3 Å². The summed E-state index contributed by atoms with van der Waals surface area (Å²) in [6.07, 6.45) is 4.47. The number of morpholine rings is 1. The first-order chi connectivity index (χ1) is 14.9. The van der Waals surface area contributed by atoms with Crippen molar-refractivity contribution in [3.8, 4) is 18.1 Å². The van der Waals surface area contributed by atoms with Gasteiger partial charge in [0, 0.05) is 44.3 Å². The van der Waals surface area contributed by atoms with Crippen LogP contribution in [0.3, 0.4) is 0 Å². The van der Waals surface area contributed by atoms with E-state index in [1.807, 2.05) is 24.8 Å². The van der Waals surface area contributed by atoms with Crippen molar-refractivity contribution in [3.05, 3.63) is 35.7 Å². The Bertz CT molecular complexity index is 955. The first kappa shape index (κ1) is 24.2. The normalized spacial score (nSPS) is 14.1. The lowest BCUT2D eigenvalue weighted by molar-refractivity contribution is 0.0817. The second-order valence-corrected chi connectivity index (χ2v) is 6.87. The molecule has 0 spiro atoms. The van der Waals surface area contributed by atoms with Crippen LogP contribution in [-0.2, 0) is 4.74 Å². The fraction of sp³-hybridized carbons (Fsp3) is 0.435. The minimum Gasteiger partial charge on any atom is -0.485 e. The molecule has 1 N–H and O–H groups in total. The zero-order valence-electron chi connectivity index (χ0n) is 18.4. The highest BCUT2D eigenvalue weighted by molar-refractivity contribution is 6.12. The number of anilines is 1. The van der Waals surface area contributed by atoms with E-state index < -0.39 is 13.0 Å². The summed E-state index contributed by atoms with van der Waals surface area (Å²) in [5.74, 6) is 2.43. The lowest BCUT2D eigenvalue weighted by Gasteiger charge is -2.30. The number of Topliss-reactive ketones (excluding diaryl/α,β-unsaturated/α-hetero) is 1. The molecule has 31 heavy (non-hydrogen) atoms. The number of H-pyrrole nitrogens is 1. The minimum absolute atomic E-state index is 0.212. The van der Waals surface area contributed by atoms with E-state index in [1.54, 1.807) is 37.3 Å². The van der Waals surface area contributed by atoms with Crippen molar-refractivity contribution in [2.24, 2.45) is 0 Å². The van der Waals surface area contributed by atoms with Gasteiger partial charge in [0.15, 0.2) is 0 Å². The Morgan fingerprint density at radius 3 is 2.58 bits per heavy atom. The molecule has 6 nitrogen and oxygen atoms in total. The summed E-state index contributed by atoms with van der Waals surface area (Å²) in [4.78, 5) is 19.5. The predicted octanol–water partition coefficient (Wildman–Crippen LogP) is 3.94. The summed E-state index contributed by atoms with van der Waals surface area (Å²) in [6.45, 7) is 5.63. The first-order valence-electron chi connectivity index (χ1n) is 10.2. The Hall–Kier alpha value is -3.05. The van der Waals surface area contributed by atoms with Gasteiger partial charge in [0.05, 0.1) is 30.2 Å². The second-order valence-electron chi connectivity index (χ2n) is 6.87. The van der Waals surface area contributed by atoms with Crippen molar-refractivity contribution < 1.29 is 23.0 Å². The van der Waals surface area contributed by atoms with Gasteiger partial charge < -0.3 is 24.3 Å². The standard InChI is InChI=1S/C21H23F2N3O3.C2H6/c1-4-14(12-25(2)3)21(27)17-9-15-10-19(29-13-20(22)23)18(11-16(15)24-17)26-5-7-28-8-6-26;1-2/h1,9-12,20,24H,5-8,13H2,2-3H3;1-2H3/b14-12+;. The van der Waals surface area contributed by atoms with Gasteiger partial charge in [-0.3, -0.25) is 4.79 Å². The van der Waals surface area contributed by atoms with E-state index in [4.69, 9.17) is 15.9 Å². The van der Waals surface area contributed by atoms with Gasteiger partial charge in [-0.2, -0.15) is 0 Å². The second kappa shape index (κ2) is 11.4. The molecule has 1 aromatic heterocycles. The highest BCUT2D eigenvalue weighted by atomic mass is 19.3. The molecule has 3 rings (SSSR count). The third-order valence-electron chi connectivity index (χ3n) is 4.45. The van der Waals surface area contributed by atoms with Crippen LogP contribution < -0.4 is 9.64 Å². The van der Waals surface area contributed by atoms with E-state index in [0.29, 0.717) is 54.3 Å². The Morgan fingerprint density at radius 2 is 2.00 bits per heavy atom. The zero-order chi connectivity index (χ0) is 23.0. The SMILES string of the molecule is C#C/C(=C\N(C)C)C(=O)c1cc2cc(OCC(F)F)c(N3CCOCC3)cc2[nH]1.CC. The molecular weight excluding hydrogens is 404 g/mol. The molecule has 1 aliphatic rings. The molecule has 1 fully saturated rings. The number of hydrogen-bond donors (Lipinski definition) is 1. The van der Waals surface area contributed by atoms with Gasteiger partial charge in [0.2, 0.25) is 5.78 Å². The predicted molar refractivity (Wildman–Crippen MR) is 119 cm³/mol. The molecule has 2 heterocycles. The summed E-state index contributed by atoms with van der Waals surface area (Å²) in [5.41, 5.74) is 1.91. The lowest BCUT2D eigenvalue weighted by atomic mass is 10.1. The molecule has 1 saturated heterocycles. The van der Waals surface area contributed by atoms with Gasteiger partial charge in [-0.1, -0.05) is 19.8 Å². The highest BCUT2D eigenvalue weighted by Gasteiger charge is 2.20. The average Bonchev–Trinajstić information content (AvgIpc) is 3.19. The van der Waals surface area contributed by atoms with E-state index in [0.717, 1.165) is 0 Å². The van der Waals surface area contributed by atoms with Gasteiger partial charge in [0.1, 0.15) is 12.4 Å². The average molecular weight is 433 g/mol. The molecule has 168 valence electrons. The van der Waals surface area contributed by atoms with Crippen molar-refractivity contribution >= 4 is 22.4 Å². The van der Waals surface area contributed by atoms with Crippen LogP contribution in [0.2, 0.25) is 0 Å². The van der Waals surface area contributed by atoms with Crippen molar-refractivity contribution in [2.75, 3.05) is 51.9 Å². The maximum absolute atomic E-state index is 12.7. The van der Waals surface area contributed by atoms with Gasteiger partial charge in [-0.25, -0.2) is 8.78 Å². The van der Waals surface area contributed by atoms with Crippen molar-refractivity contribution in [1.82, 2.24) is 9.88 Å². The third-order valence-corrected chi connectivity index (χ3v) is 4.45. The first-order valence-corrected chi connectivity index (χ1v) is 10.2. The maximum Gasteiger partial charge on any atom is 0.272 e. The molecule has 0 radical (unpaired) electrons. The molecule has 1 aliphatic heterocycles. The fourth-order valence-electron chi connectivity index (χ4n) is 3.16. The van der Waals surface area contributed by atoms with Crippen molar-refractivity contribution in [1.29, 1.82) is 0 Å². The zero-order valence-corrected chi connectivity index (χ0v) is 18.4. The number of allylic oxidation sites excluding steroid dienone is 1. The van der Waals surface area contributed by atoms with Crippen molar-refractivity contribution in [3.63, 3.8) is 0 Å². The molecule has 8 heteroatoms. The number of aromatic amines is 1. The Kier molecular flexibility index (Phi) is 8.88. The quantitative estimate of drug-likeness (QED) is 0.407. The van der Waals surface area contributed by atoms with E-state index in [1.165, 1.54) is 0 Å². The molecule has 1 aromatic carbocycles. The number of hydrogen-bond acceptors (Lipinski definition) is 5. The Morgan fingerprint density at radius 1 is 1.32 bits per heavy atom. The monoisotopic (exact) mass is 433 g/mol. The molecular formula is C23H29F2N3O3. The number of carbonyl (C=O) groups is 1. The number of nitrogens with zero attached hydrogens (tertiary/aromatic N) is 2. The number of carbonyl (C=O) groups excluding carboxylic acids is 1. The number of benzene rings is 1. The van der Waals surface area contributed by atoms with Crippen LogP contribution in [0, 0.1) is 12.3 Å². The van der Waals surface area contributed by atoms with Crippen LogP contribution in [0.25, 0.3) is 10.9 Å². The summed E-state index contributed by atoms with van der Waals surface area (Å²) < 4.78 is 36.2. The minimum atomic E-state index is -2.58. The van der Waals surface area contributed by atoms with Crippen LogP contribution in [0.1, 0.15) is 24.3 Å². The van der Waals surface area contributed by atoms with Gasteiger partial charge in [0.25, 0.3) is 6.43 Å². The van der Waals surface area contributed by atoms with E-state index in [2.05, 4.69) is 10.9 Å². The number of ketones is 1. The largest absolute Gasteiger partial charge is 0.485 e. The lowest BCUT2D eigenvalue weighted by Crippen LogP contribution is -2.36. The number of terminal acetylenes is 1. The highest BCUT2D eigenvalue weighted by Crippen LogP contribution is 2.34. The maximum atomic E-state index is 12.7. The van der Waals surface area contributed by atoms with E-state index >= 15 is 0 Å². The number of fused-ring (bicyclic) bond motifs is 1. The molecule has 0 atom stereocenters. The Labute approximate surface area is 181 Å². The third kappa shape index (κ3) is 6.22. The van der Waals surface area contributed by atoms with Crippen LogP contribution in [-0.4, -0.2) is 69.1 Å². The molecule has 0 bridgehead atoms. The Balaban J connectivity index is 0.00000166. The number of halogens is 2. The van der Waals surface area contributed by atoms with Crippen LogP contribution in [0.4, 0.5) is 14.5 Å². The number of nitrogens with one attached hydrogen (secondary N) is 1. The number of alkyl halides is 2. The van der Waals surface area contributed by atoms with Crippen LogP contribution in [0.15, 0.2) is 30.0 Å². The van der Waals surface area contributed by atoms with Crippen LogP contribution >= 0.6 is 0 Å².